The number of amides is 3. The molecule has 0 spiro atoms. The largest absolute Gasteiger partial charge is 0.488 e. The summed E-state index contributed by atoms with van der Waals surface area (Å²) < 4.78 is 6.56. The maximum Gasteiger partial charge on any atom is 0.258 e. The quantitative estimate of drug-likeness (QED) is 0.218. The summed E-state index contributed by atoms with van der Waals surface area (Å²) in [7, 11) is 2.01. The third-order valence-electron chi connectivity index (χ3n) is 9.28. The zero-order valence-electron chi connectivity index (χ0n) is 27.6. The lowest BCUT2D eigenvalue weighted by Gasteiger charge is -2.38. The number of nitrogens with one attached hydrogen (secondary N) is 2. The van der Waals surface area contributed by atoms with Crippen molar-refractivity contribution in [3.8, 4) is 5.75 Å². The monoisotopic (exact) mass is 641 g/mol. The van der Waals surface area contributed by atoms with E-state index in [1.807, 2.05) is 38.2 Å². The molecule has 250 valence electrons. The molecule has 0 radical (unpaired) electrons. The van der Waals surface area contributed by atoms with Gasteiger partial charge in [-0.1, -0.05) is 50.5 Å². The van der Waals surface area contributed by atoms with Crippen LogP contribution in [0, 0.1) is 11.8 Å². The van der Waals surface area contributed by atoms with E-state index < -0.39 is 0 Å². The Hall–Kier alpha value is -4.41. The van der Waals surface area contributed by atoms with Gasteiger partial charge in [-0.05, 0) is 74.8 Å². The molecular formula is C37H47N5O5. The number of ether oxygens (including phenoxy) is 1. The maximum absolute atomic E-state index is 13.8. The number of rotatable bonds is 10. The molecule has 1 heterocycles. The molecule has 3 amide bonds. The highest BCUT2D eigenvalue weighted by molar-refractivity contribution is 6.05. The van der Waals surface area contributed by atoms with Crippen LogP contribution in [0.5, 0.6) is 5.75 Å². The lowest BCUT2D eigenvalue weighted by atomic mass is 9.88. The van der Waals surface area contributed by atoms with Crippen molar-refractivity contribution in [1.82, 2.24) is 9.80 Å². The molecule has 1 aliphatic carbocycles. The Morgan fingerprint density at radius 2 is 1.77 bits per heavy atom. The van der Waals surface area contributed by atoms with Crippen LogP contribution in [-0.2, 0) is 11.3 Å². The first-order valence-corrected chi connectivity index (χ1v) is 16.6. The predicted molar refractivity (Wildman–Crippen MR) is 184 cm³/mol. The van der Waals surface area contributed by atoms with Gasteiger partial charge in [-0.2, -0.15) is 0 Å². The highest BCUT2D eigenvalue weighted by atomic mass is 16.5. The molecule has 0 unspecified atom stereocenters. The van der Waals surface area contributed by atoms with Gasteiger partial charge in [-0.25, -0.2) is 0 Å². The molecule has 1 aliphatic heterocycles. The summed E-state index contributed by atoms with van der Waals surface area (Å²) in [4.78, 5) is 43.4. The van der Waals surface area contributed by atoms with Crippen LogP contribution in [0.25, 0.3) is 0 Å². The summed E-state index contributed by atoms with van der Waals surface area (Å²) in [5, 5.41) is 15.9. The van der Waals surface area contributed by atoms with Crippen molar-refractivity contribution in [3.63, 3.8) is 0 Å². The van der Waals surface area contributed by atoms with Gasteiger partial charge in [-0.3, -0.25) is 19.3 Å². The fourth-order valence-electron chi connectivity index (χ4n) is 6.38. The third kappa shape index (κ3) is 8.50. The second kappa shape index (κ2) is 15.5. The Kier molecular flexibility index (Phi) is 11.2. The van der Waals surface area contributed by atoms with Crippen molar-refractivity contribution in [3.05, 3.63) is 83.4 Å². The number of hydrogen-bond acceptors (Lipinski definition) is 7. The number of anilines is 3. The number of carbonyl (C=O) groups excluding carboxylic acids is 3. The number of para-hydroxylation sites is 2. The summed E-state index contributed by atoms with van der Waals surface area (Å²) in [5.41, 5.74) is 9.56. The standard InChI is InChI=1S/C37H47N5O5/c1-24-20-42(25(2)23-43)37(46)30-19-29(39-35(44)27-9-5-4-6-10-27)17-18-33(30)47-34(24)22-41(3)21-26-13-15-28(16-14-26)36(45)40-32-12-8-7-11-31(32)38/h7-8,11-19,24-25,27,34,43H,4-6,9-10,20-23,38H2,1-3H3,(H,39,44)(H,40,45)/t24-,25+,34-/m0/s1. The van der Waals surface area contributed by atoms with Crippen molar-refractivity contribution in [2.45, 2.75) is 64.6 Å². The van der Waals surface area contributed by atoms with Crippen molar-refractivity contribution in [2.24, 2.45) is 11.8 Å². The molecule has 2 aliphatic rings. The van der Waals surface area contributed by atoms with Crippen LogP contribution in [0.15, 0.2) is 66.7 Å². The van der Waals surface area contributed by atoms with E-state index in [4.69, 9.17) is 10.5 Å². The molecule has 3 aromatic rings. The highest BCUT2D eigenvalue weighted by Gasteiger charge is 2.34. The summed E-state index contributed by atoms with van der Waals surface area (Å²) in [5.74, 6) is -0.0522. The zero-order chi connectivity index (χ0) is 33.5. The Labute approximate surface area is 277 Å². The number of likely N-dealkylation sites (N-methyl/N-ethyl adjacent to an activating group) is 1. The van der Waals surface area contributed by atoms with Crippen LogP contribution >= 0.6 is 0 Å². The van der Waals surface area contributed by atoms with E-state index >= 15 is 0 Å². The molecule has 3 aromatic carbocycles. The summed E-state index contributed by atoms with van der Waals surface area (Å²) in [6, 6.07) is 19.5. The summed E-state index contributed by atoms with van der Waals surface area (Å²) >= 11 is 0. The molecule has 5 rings (SSSR count). The molecule has 0 saturated heterocycles. The van der Waals surface area contributed by atoms with Gasteiger partial charge in [0.15, 0.2) is 0 Å². The minimum atomic E-state index is -0.385. The highest BCUT2D eigenvalue weighted by Crippen LogP contribution is 2.32. The first-order valence-electron chi connectivity index (χ1n) is 16.6. The summed E-state index contributed by atoms with van der Waals surface area (Å²) in [6.07, 6.45) is 4.80. The number of nitrogens with zero attached hydrogens (tertiary/aromatic N) is 2. The van der Waals surface area contributed by atoms with Crippen LogP contribution in [-0.4, -0.2) is 71.5 Å². The number of nitrogens with two attached hydrogens (primary N) is 1. The van der Waals surface area contributed by atoms with E-state index in [0.717, 1.165) is 31.2 Å². The van der Waals surface area contributed by atoms with Gasteiger partial charge in [0.25, 0.3) is 11.8 Å². The first kappa shape index (κ1) is 33.9. The van der Waals surface area contributed by atoms with Gasteiger partial charge < -0.3 is 31.1 Å². The number of fused-ring (bicyclic) bond motifs is 1. The second-order valence-electron chi connectivity index (χ2n) is 13.1. The smallest absolute Gasteiger partial charge is 0.258 e. The average molecular weight is 642 g/mol. The zero-order valence-corrected chi connectivity index (χ0v) is 27.6. The number of aliphatic hydroxyl groups is 1. The lowest BCUT2D eigenvalue weighted by Crippen LogP contribution is -2.49. The van der Waals surface area contributed by atoms with Crippen molar-refractivity contribution in [2.75, 3.05) is 43.1 Å². The maximum atomic E-state index is 13.8. The van der Waals surface area contributed by atoms with Crippen molar-refractivity contribution in [1.29, 1.82) is 0 Å². The second-order valence-corrected chi connectivity index (χ2v) is 13.1. The minimum Gasteiger partial charge on any atom is -0.488 e. The number of carbonyl (C=O) groups is 3. The number of benzene rings is 3. The number of nitrogen functional groups attached to an aromatic ring is 1. The number of hydrogen-bond donors (Lipinski definition) is 4. The van der Waals surface area contributed by atoms with E-state index in [1.165, 1.54) is 6.42 Å². The van der Waals surface area contributed by atoms with Crippen LogP contribution in [0.2, 0.25) is 0 Å². The van der Waals surface area contributed by atoms with Crippen LogP contribution in [0.4, 0.5) is 17.1 Å². The molecule has 1 fully saturated rings. The van der Waals surface area contributed by atoms with Gasteiger partial charge in [0.1, 0.15) is 11.9 Å². The normalized spacial score (nSPS) is 19.3. The molecular weight excluding hydrogens is 594 g/mol. The Bertz CT molecular complexity index is 1550. The molecule has 10 heteroatoms. The molecule has 0 bridgehead atoms. The lowest BCUT2D eigenvalue weighted by molar-refractivity contribution is -0.120. The molecule has 10 nitrogen and oxygen atoms in total. The topological polar surface area (TPSA) is 137 Å². The third-order valence-corrected chi connectivity index (χ3v) is 9.28. The summed E-state index contributed by atoms with van der Waals surface area (Å²) in [6.45, 7) is 5.33. The van der Waals surface area contributed by atoms with Gasteiger partial charge in [0.05, 0.1) is 29.6 Å². The molecule has 1 saturated carbocycles. The molecule has 3 atom stereocenters. The molecule has 0 aromatic heterocycles. The van der Waals surface area contributed by atoms with Crippen LogP contribution in [0.3, 0.4) is 0 Å². The van der Waals surface area contributed by atoms with Gasteiger partial charge in [0, 0.05) is 42.7 Å². The van der Waals surface area contributed by atoms with Gasteiger partial charge in [0.2, 0.25) is 5.91 Å². The van der Waals surface area contributed by atoms with E-state index in [2.05, 4.69) is 22.5 Å². The average Bonchev–Trinajstić information content (AvgIpc) is 3.08. The van der Waals surface area contributed by atoms with Gasteiger partial charge in [-0.15, -0.1) is 0 Å². The van der Waals surface area contributed by atoms with E-state index in [9.17, 15) is 19.5 Å². The molecule has 47 heavy (non-hydrogen) atoms. The van der Waals surface area contributed by atoms with Crippen LogP contribution < -0.4 is 21.1 Å². The Balaban J connectivity index is 1.28. The van der Waals surface area contributed by atoms with Crippen molar-refractivity contribution >= 4 is 34.8 Å². The number of aliphatic hydroxyl groups excluding tert-OH is 1. The minimum absolute atomic E-state index is 0.00730. The SMILES string of the molecule is C[C@H](CO)N1C[C@H](C)[C@H](CN(C)Cc2ccc(C(=O)Nc3ccccc3N)cc2)Oc2ccc(NC(=O)C3CCCCC3)cc2C1=O. The van der Waals surface area contributed by atoms with E-state index in [1.54, 1.807) is 47.4 Å². The fourth-order valence-corrected chi connectivity index (χ4v) is 6.38. The van der Waals surface area contributed by atoms with Crippen LogP contribution in [0.1, 0.15) is 72.2 Å². The molecule has 5 N–H and O–H groups in total. The predicted octanol–water partition coefficient (Wildman–Crippen LogP) is 5.39. The Morgan fingerprint density at radius 3 is 2.47 bits per heavy atom. The first-order chi connectivity index (χ1) is 22.6. The van der Waals surface area contributed by atoms with Gasteiger partial charge >= 0.3 is 0 Å². The van der Waals surface area contributed by atoms with Crippen molar-refractivity contribution < 1.29 is 24.2 Å². The fraction of sp³-hybridized carbons (Fsp3) is 0.432. The van der Waals surface area contributed by atoms with E-state index in [0.29, 0.717) is 53.6 Å². The van der Waals surface area contributed by atoms with E-state index in [-0.39, 0.29) is 48.3 Å². The Morgan fingerprint density at radius 1 is 1.04 bits per heavy atom.